The molecule has 112 valence electrons. The first-order valence-electron chi connectivity index (χ1n) is 7.55. The van der Waals surface area contributed by atoms with Crippen molar-refractivity contribution in [3.8, 4) is 5.88 Å². The Labute approximate surface area is 121 Å². The smallest absolute Gasteiger partial charge is 0.226 e. The molecule has 2 rings (SSSR count). The fourth-order valence-electron chi connectivity index (χ4n) is 2.47. The third-order valence-electron chi connectivity index (χ3n) is 3.51. The number of aromatic nitrogens is 2. The summed E-state index contributed by atoms with van der Waals surface area (Å²) in [6, 6.07) is 2.38. The van der Waals surface area contributed by atoms with E-state index >= 15 is 0 Å². The highest BCUT2D eigenvalue weighted by Crippen LogP contribution is 2.15. The monoisotopic (exact) mass is 278 g/mol. The predicted molar refractivity (Wildman–Crippen MR) is 81.3 cm³/mol. The van der Waals surface area contributed by atoms with E-state index < -0.39 is 0 Å². The molecular formula is C15H26N4O. The molecule has 1 N–H and O–H groups in total. The van der Waals surface area contributed by atoms with Crippen LogP contribution in [0.2, 0.25) is 0 Å². The fraction of sp³-hybridized carbons (Fsp3) is 0.733. The number of nitrogens with one attached hydrogen (secondary N) is 1. The van der Waals surface area contributed by atoms with E-state index in [0.717, 1.165) is 12.2 Å². The Morgan fingerprint density at radius 2 is 1.95 bits per heavy atom. The summed E-state index contributed by atoms with van der Waals surface area (Å²) < 4.78 is 5.64. The molecule has 1 aliphatic rings. The van der Waals surface area contributed by atoms with Gasteiger partial charge in [-0.05, 0) is 53.6 Å². The van der Waals surface area contributed by atoms with Gasteiger partial charge >= 0.3 is 0 Å². The van der Waals surface area contributed by atoms with Gasteiger partial charge < -0.3 is 10.1 Å². The molecule has 5 heteroatoms. The van der Waals surface area contributed by atoms with Crippen LogP contribution in [0.5, 0.6) is 5.88 Å². The number of aryl methyl sites for hydroxylation is 1. The van der Waals surface area contributed by atoms with Gasteiger partial charge in [-0.3, -0.25) is 4.90 Å². The van der Waals surface area contributed by atoms with Crippen LogP contribution >= 0.6 is 0 Å². The van der Waals surface area contributed by atoms with Crippen LogP contribution in [0.4, 0.5) is 5.95 Å². The highest BCUT2D eigenvalue weighted by atomic mass is 16.5. The summed E-state index contributed by atoms with van der Waals surface area (Å²) in [4.78, 5) is 11.3. The molecule has 5 nitrogen and oxygen atoms in total. The fourth-order valence-corrected chi connectivity index (χ4v) is 2.47. The molecule has 0 amide bonds. The van der Waals surface area contributed by atoms with E-state index in [0.29, 0.717) is 17.9 Å². The average Bonchev–Trinajstić information content (AvgIpc) is 2.88. The summed E-state index contributed by atoms with van der Waals surface area (Å²) in [5.41, 5.74) is 0.923. The topological polar surface area (TPSA) is 50.3 Å². The van der Waals surface area contributed by atoms with Crippen molar-refractivity contribution in [2.75, 3.05) is 25.0 Å². The molecule has 2 heterocycles. The number of anilines is 1. The van der Waals surface area contributed by atoms with E-state index in [4.69, 9.17) is 4.74 Å². The number of hydrogen-bond acceptors (Lipinski definition) is 5. The summed E-state index contributed by atoms with van der Waals surface area (Å²) in [5, 5.41) is 3.33. The highest BCUT2D eigenvalue weighted by molar-refractivity contribution is 5.30. The van der Waals surface area contributed by atoms with Gasteiger partial charge in [0.2, 0.25) is 11.8 Å². The van der Waals surface area contributed by atoms with Gasteiger partial charge in [-0.15, -0.1) is 0 Å². The number of nitrogens with zero attached hydrogens (tertiary/aromatic N) is 3. The van der Waals surface area contributed by atoms with Crippen LogP contribution in [0.25, 0.3) is 0 Å². The lowest BCUT2D eigenvalue weighted by Gasteiger charge is -2.24. The molecule has 0 radical (unpaired) electrons. The second-order valence-corrected chi connectivity index (χ2v) is 5.81. The summed E-state index contributed by atoms with van der Waals surface area (Å²) in [6.45, 7) is 11.5. The van der Waals surface area contributed by atoms with Crippen LogP contribution in [-0.4, -0.2) is 46.6 Å². The van der Waals surface area contributed by atoms with Gasteiger partial charge in [0.1, 0.15) is 0 Å². The Bertz CT molecular complexity index is 430. The number of ether oxygens (including phenoxy) is 1. The van der Waals surface area contributed by atoms with Gasteiger partial charge in [0.15, 0.2) is 0 Å². The number of likely N-dealkylation sites (tertiary alicyclic amines) is 1. The van der Waals surface area contributed by atoms with E-state index in [9.17, 15) is 0 Å². The zero-order chi connectivity index (χ0) is 14.5. The average molecular weight is 278 g/mol. The number of rotatable bonds is 6. The van der Waals surface area contributed by atoms with E-state index in [1.54, 1.807) is 0 Å². The molecule has 1 fully saturated rings. The second-order valence-electron chi connectivity index (χ2n) is 5.81. The van der Waals surface area contributed by atoms with E-state index in [2.05, 4.69) is 27.1 Å². The molecule has 0 aliphatic carbocycles. The van der Waals surface area contributed by atoms with Gasteiger partial charge in [0.25, 0.3) is 0 Å². The normalized spacial score (nSPS) is 17.4. The molecule has 1 aromatic rings. The Morgan fingerprint density at radius 1 is 1.25 bits per heavy atom. The van der Waals surface area contributed by atoms with Crippen molar-refractivity contribution < 1.29 is 4.74 Å². The first-order valence-corrected chi connectivity index (χ1v) is 7.55. The van der Waals surface area contributed by atoms with Crippen LogP contribution in [-0.2, 0) is 0 Å². The lowest BCUT2D eigenvalue weighted by Crippen LogP contribution is -2.35. The van der Waals surface area contributed by atoms with Crippen LogP contribution in [0.3, 0.4) is 0 Å². The van der Waals surface area contributed by atoms with E-state index in [1.807, 2.05) is 26.8 Å². The van der Waals surface area contributed by atoms with Crippen molar-refractivity contribution in [2.45, 2.75) is 52.7 Å². The second kappa shape index (κ2) is 6.88. The van der Waals surface area contributed by atoms with Crippen LogP contribution in [0, 0.1) is 6.92 Å². The van der Waals surface area contributed by atoms with Gasteiger partial charge in [0, 0.05) is 24.3 Å². The Balaban J connectivity index is 1.92. The molecule has 0 aromatic carbocycles. The van der Waals surface area contributed by atoms with Gasteiger partial charge in [-0.25, -0.2) is 4.98 Å². The van der Waals surface area contributed by atoms with Gasteiger partial charge in [-0.2, -0.15) is 4.98 Å². The molecular weight excluding hydrogens is 252 g/mol. The molecule has 0 saturated carbocycles. The molecule has 1 saturated heterocycles. The minimum absolute atomic E-state index is 0.126. The van der Waals surface area contributed by atoms with Crippen LogP contribution in [0.1, 0.15) is 39.3 Å². The highest BCUT2D eigenvalue weighted by Gasteiger charge is 2.18. The summed E-state index contributed by atoms with van der Waals surface area (Å²) in [5.74, 6) is 1.30. The maximum absolute atomic E-state index is 5.64. The standard InChI is InChI=1S/C15H26N4O/c1-11(2)20-14-9-12(3)17-15(18-14)16-10-13(4)19-7-5-6-8-19/h9,11,13H,5-8,10H2,1-4H3,(H,16,17,18). The Morgan fingerprint density at radius 3 is 2.60 bits per heavy atom. The van der Waals surface area contributed by atoms with Crippen LogP contribution < -0.4 is 10.1 Å². The van der Waals surface area contributed by atoms with Gasteiger partial charge in [0.05, 0.1) is 6.10 Å². The number of hydrogen-bond donors (Lipinski definition) is 1. The van der Waals surface area contributed by atoms with Crippen molar-refractivity contribution in [1.82, 2.24) is 14.9 Å². The predicted octanol–water partition coefficient (Wildman–Crippen LogP) is 2.47. The minimum atomic E-state index is 0.126. The zero-order valence-corrected chi connectivity index (χ0v) is 13.0. The first kappa shape index (κ1) is 15.0. The molecule has 0 spiro atoms. The van der Waals surface area contributed by atoms with Crippen molar-refractivity contribution in [2.24, 2.45) is 0 Å². The lowest BCUT2D eigenvalue weighted by molar-refractivity contribution is 0.232. The van der Waals surface area contributed by atoms with Gasteiger partial charge in [-0.1, -0.05) is 0 Å². The lowest BCUT2D eigenvalue weighted by atomic mass is 10.3. The zero-order valence-electron chi connectivity index (χ0n) is 13.0. The quantitative estimate of drug-likeness (QED) is 0.866. The minimum Gasteiger partial charge on any atom is -0.475 e. The van der Waals surface area contributed by atoms with Crippen LogP contribution in [0.15, 0.2) is 6.07 Å². The molecule has 0 bridgehead atoms. The van der Waals surface area contributed by atoms with Crippen molar-refractivity contribution in [3.05, 3.63) is 11.8 Å². The maximum Gasteiger partial charge on any atom is 0.226 e. The Kier molecular flexibility index (Phi) is 5.17. The van der Waals surface area contributed by atoms with Crippen molar-refractivity contribution in [1.29, 1.82) is 0 Å². The third kappa shape index (κ3) is 4.34. The SMILES string of the molecule is Cc1cc(OC(C)C)nc(NCC(C)N2CCCC2)n1. The summed E-state index contributed by atoms with van der Waals surface area (Å²) in [7, 11) is 0. The molecule has 20 heavy (non-hydrogen) atoms. The summed E-state index contributed by atoms with van der Waals surface area (Å²) in [6.07, 6.45) is 2.76. The van der Waals surface area contributed by atoms with E-state index in [1.165, 1.54) is 25.9 Å². The largest absolute Gasteiger partial charge is 0.475 e. The molecule has 1 aromatic heterocycles. The third-order valence-corrected chi connectivity index (χ3v) is 3.51. The Hall–Kier alpha value is -1.36. The molecule has 1 unspecified atom stereocenters. The van der Waals surface area contributed by atoms with Crippen molar-refractivity contribution >= 4 is 5.95 Å². The maximum atomic E-state index is 5.64. The van der Waals surface area contributed by atoms with E-state index in [-0.39, 0.29) is 6.10 Å². The molecule has 1 aliphatic heterocycles. The van der Waals surface area contributed by atoms with Crippen molar-refractivity contribution in [3.63, 3.8) is 0 Å². The first-order chi connectivity index (χ1) is 9.54. The summed E-state index contributed by atoms with van der Waals surface area (Å²) >= 11 is 0. The molecule has 1 atom stereocenters.